The van der Waals surface area contributed by atoms with Crippen LogP contribution < -0.4 is 0 Å². The summed E-state index contributed by atoms with van der Waals surface area (Å²) in [6.07, 6.45) is 0.109. The number of cyclic esters (lactones) is 2. The number of benzene rings is 1. The first-order valence-electron chi connectivity index (χ1n) is 6.63. The third-order valence-electron chi connectivity index (χ3n) is 3.01. The zero-order valence-electron chi connectivity index (χ0n) is 12.2. The van der Waals surface area contributed by atoms with E-state index in [4.69, 9.17) is 9.26 Å². The first-order valence-corrected chi connectivity index (χ1v) is 8.88. The summed E-state index contributed by atoms with van der Waals surface area (Å²) in [5.74, 6) is -2.20. The van der Waals surface area contributed by atoms with Gasteiger partial charge in [0.1, 0.15) is 6.61 Å². The quantitative estimate of drug-likeness (QED) is 0.448. The zero-order valence-corrected chi connectivity index (χ0v) is 13.1. The molecule has 0 amide bonds. The van der Waals surface area contributed by atoms with Crippen molar-refractivity contribution in [3.8, 4) is 0 Å². The number of esters is 3. The Hall–Kier alpha value is -1.98. The lowest BCUT2D eigenvalue weighted by Crippen LogP contribution is -2.11. The average Bonchev–Trinajstić information content (AvgIpc) is 2.73. The highest BCUT2D eigenvalue weighted by Gasteiger charge is 2.30. The third kappa shape index (κ3) is 3.61. The molecule has 2 rings (SSSR count). The molecule has 0 N–H and O–H groups in total. The van der Waals surface area contributed by atoms with Crippen molar-refractivity contribution in [2.75, 3.05) is 26.0 Å². The fourth-order valence-corrected chi connectivity index (χ4v) is 3.04. The number of rotatable bonds is 6. The summed E-state index contributed by atoms with van der Waals surface area (Å²) in [6.45, 7) is 3.46. The minimum Gasteiger partial charge on any atom is -0.462 e. The van der Waals surface area contributed by atoms with E-state index in [1.165, 1.54) is 24.9 Å². The van der Waals surface area contributed by atoms with Crippen molar-refractivity contribution in [3.05, 3.63) is 34.9 Å². The van der Waals surface area contributed by atoms with Gasteiger partial charge in [-0.3, -0.25) is 4.57 Å². The van der Waals surface area contributed by atoms with Gasteiger partial charge in [0.2, 0.25) is 7.37 Å². The lowest BCUT2D eigenvalue weighted by Gasteiger charge is -2.12. The van der Waals surface area contributed by atoms with Crippen LogP contribution in [-0.2, 0) is 18.6 Å². The molecular formula is C14H15O7P. The maximum atomic E-state index is 11.9. The monoisotopic (exact) mass is 326 g/mol. The average molecular weight is 326 g/mol. The van der Waals surface area contributed by atoms with Crippen molar-refractivity contribution in [2.24, 2.45) is 0 Å². The number of carbonyl (C=O) groups is 3. The molecule has 0 spiro atoms. The highest BCUT2D eigenvalue weighted by atomic mass is 31.2. The second kappa shape index (κ2) is 6.42. The van der Waals surface area contributed by atoms with Crippen LogP contribution >= 0.6 is 7.37 Å². The molecule has 118 valence electrons. The Balaban J connectivity index is 2.00. The summed E-state index contributed by atoms with van der Waals surface area (Å²) in [5.41, 5.74) is 0.277. The van der Waals surface area contributed by atoms with Crippen LogP contribution in [0.1, 0.15) is 38.0 Å². The number of fused-ring (bicyclic) bond motifs is 1. The number of ether oxygens (including phenoxy) is 2. The van der Waals surface area contributed by atoms with E-state index in [0.29, 0.717) is 6.61 Å². The predicted molar refractivity (Wildman–Crippen MR) is 76.5 cm³/mol. The van der Waals surface area contributed by atoms with Gasteiger partial charge < -0.3 is 14.0 Å². The van der Waals surface area contributed by atoms with Gasteiger partial charge in [-0.1, -0.05) is 0 Å². The van der Waals surface area contributed by atoms with E-state index in [-0.39, 0.29) is 29.5 Å². The molecule has 7 nitrogen and oxygen atoms in total. The minimum absolute atomic E-state index is 0.0370. The van der Waals surface area contributed by atoms with Crippen molar-refractivity contribution in [2.45, 2.75) is 6.92 Å². The van der Waals surface area contributed by atoms with Gasteiger partial charge in [-0.05, 0) is 25.1 Å². The Morgan fingerprint density at radius 1 is 1.23 bits per heavy atom. The van der Waals surface area contributed by atoms with Crippen LogP contribution in [0.3, 0.4) is 0 Å². The number of hydrogen-bond donors (Lipinski definition) is 0. The van der Waals surface area contributed by atoms with Gasteiger partial charge in [0, 0.05) is 6.66 Å². The normalized spacial score (nSPS) is 15.9. The third-order valence-corrected chi connectivity index (χ3v) is 4.81. The maximum Gasteiger partial charge on any atom is 0.346 e. The van der Waals surface area contributed by atoms with Crippen LogP contribution in [-0.4, -0.2) is 43.9 Å². The lowest BCUT2D eigenvalue weighted by molar-refractivity contribution is 0.0442. The second-order valence-corrected chi connectivity index (χ2v) is 7.46. The molecule has 0 saturated heterocycles. The number of hydrogen-bond acceptors (Lipinski definition) is 7. The molecule has 0 aliphatic carbocycles. The summed E-state index contributed by atoms with van der Waals surface area (Å²) < 4.78 is 26.4. The van der Waals surface area contributed by atoms with Gasteiger partial charge in [0.05, 0.1) is 29.5 Å². The summed E-state index contributed by atoms with van der Waals surface area (Å²) >= 11 is 0. The smallest absolute Gasteiger partial charge is 0.346 e. The lowest BCUT2D eigenvalue weighted by atomic mass is 10.1. The topological polar surface area (TPSA) is 96.0 Å². The molecule has 22 heavy (non-hydrogen) atoms. The Kier molecular flexibility index (Phi) is 4.78. The molecule has 1 aromatic rings. The standard InChI is InChI=1S/C14H15O7P/c1-3-20-22(2,18)7-6-19-12(15)9-4-5-10-11(8-9)14(17)21-13(10)16/h4-5,8H,3,6-7H2,1-2H3. The molecular weight excluding hydrogens is 311 g/mol. The molecule has 0 fully saturated rings. The minimum atomic E-state index is -2.77. The molecule has 0 saturated carbocycles. The van der Waals surface area contributed by atoms with Crippen molar-refractivity contribution in [3.63, 3.8) is 0 Å². The highest BCUT2D eigenvalue weighted by Crippen LogP contribution is 2.41. The van der Waals surface area contributed by atoms with Crippen LogP contribution in [0.2, 0.25) is 0 Å². The highest BCUT2D eigenvalue weighted by molar-refractivity contribution is 7.58. The fourth-order valence-electron chi connectivity index (χ4n) is 1.94. The number of carbonyl (C=O) groups excluding carboxylic acids is 3. The fraction of sp³-hybridized carbons (Fsp3) is 0.357. The van der Waals surface area contributed by atoms with Gasteiger partial charge in [0.25, 0.3) is 0 Å². The van der Waals surface area contributed by atoms with Crippen LogP contribution in [0.25, 0.3) is 0 Å². The Bertz CT molecular complexity index is 680. The molecule has 1 aromatic carbocycles. The maximum absolute atomic E-state index is 11.9. The Labute approximate surface area is 127 Å². The first kappa shape index (κ1) is 16.4. The van der Waals surface area contributed by atoms with E-state index in [2.05, 4.69) is 4.74 Å². The first-order chi connectivity index (χ1) is 10.3. The van der Waals surface area contributed by atoms with E-state index in [1.807, 2.05) is 0 Å². The van der Waals surface area contributed by atoms with Gasteiger partial charge >= 0.3 is 17.9 Å². The van der Waals surface area contributed by atoms with Gasteiger partial charge in [0.15, 0.2) is 0 Å². The van der Waals surface area contributed by atoms with Crippen LogP contribution in [0.4, 0.5) is 0 Å². The van der Waals surface area contributed by atoms with Crippen LogP contribution in [0.5, 0.6) is 0 Å². The molecule has 0 aromatic heterocycles. The Morgan fingerprint density at radius 3 is 2.59 bits per heavy atom. The molecule has 0 radical (unpaired) electrons. The molecule has 1 heterocycles. The summed E-state index contributed by atoms with van der Waals surface area (Å²) in [6, 6.07) is 3.96. The van der Waals surface area contributed by atoms with Crippen molar-refractivity contribution >= 4 is 25.3 Å². The van der Waals surface area contributed by atoms with Crippen molar-refractivity contribution in [1.82, 2.24) is 0 Å². The molecule has 1 unspecified atom stereocenters. The summed E-state index contributed by atoms with van der Waals surface area (Å²) in [5, 5.41) is 0. The van der Waals surface area contributed by atoms with Crippen LogP contribution in [0.15, 0.2) is 18.2 Å². The van der Waals surface area contributed by atoms with Crippen LogP contribution in [0, 0.1) is 0 Å². The van der Waals surface area contributed by atoms with Gasteiger partial charge in [-0.25, -0.2) is 14.4 Å². The SMILES string of the molecule is CCOP(C)(=O)CCOC(=O)c1ccc2c(c1)C(=O)OC2=O. The largest absolute Gasteiger partial charge is 0.462 e. The zero-order chi connectivity index (χ0) is 16.3. The van der Waals surface area contributed by atoms with E-state index in [1.54, 1.807) is 6.92 Å². The second-order valence-electron chi connectivity index (χ2n) is 4.73. The summed E-state index contributed by atoms with van der Waals surface area (Å²) in [7, 11) is -2.77. The van der Waals surface area contributed by atoms with Gasteiger partial charge in [-0.2, -0.15) is 0 Å². The molecule has 1 aliphatic heterocycles. The molecule has 1 aliphatic rings. The van der Waals surface area contributed by atoms with E-state index in [0.717, 1.165) is 0 Å². The van der Waals surface area contributed by atoms with Crippen molar-refractivity contribution < 1.29 is 32.9 Å². The van der Waals surface area contributed by atoms with E-state index >= 15 is 0 Å². The van der Waals surface area contributed by atoms with Crippen molar-refractivity contribution in [1.29, 1.82) is 0 Å². The summed E-state index contributed by atoms with van der Waals surface area (Å²) in [4.78, 5) is 34.6. The van der Waals surface area contributed by atoms with E-state index in [9.17, 15) is 18.9 Å². The van der Waals surface area contributed by atoms with E-state index < -0.39 is 25.3 Å². The molecule has 1 atom stereocenters. The Morgan fingerprint density at radius 2 is 1.91 bits per heavy atom. The predicted octanol–water partition coefficient (Wildman–Crippen LogP) is 2.10. The van der Waals surface area contributed by atoms with Gasteiger partial charge in [-0.15, -0.1) is 0 Å². The molecule has 8 heteroatoms. The molecule has 0 bridgehead atoms.